The third-order valence-electron chi connectivity index (χ3n) is 3.98. The van der Waals surface area contributed by atoms with E-state index in [1.54, 1.807) is 0 Å². The van der Waals surface area contributed by atoms with Crippen molar-refractivity contribution in [3.8, 4) is 0 Å². The second-order valence-electron chi connectivity index (χ2n) is 4.98. The Kier molecular flexibility index (Phi) is 2.39. The lowest BCUT2D eigenvalue weighted by atomic mass is 10.0. The Morgan fingerprint density at radius 2 is 1.72 bits per heavy atom. The molecule has 2 N–H and O–H groups in total. The Balaban J connectivity index is 1.92. The van der Waals surface area contributed by atoms with E-state index < -0.39 is 23.4 Å². The highest BCUT2D eigenvalue weighted by Crippen LogP contribution is 2.61. The lowest BCUT2D eigenvalue weighted by molar-refractivity contribution is 0.0623. The molecule has 2 saturated carbocycles. The molecule has 2 atom stereocenters. The largest absolute Gasteiger partial charge is 0.476 e. The number of carboxylic acids is 2. The van der Waals surface area contributed by atoms with Crippen LogP contribution in [0.25, 0.3) is 0 Å². The average molecular weight is 251 g/mol. The van der Waals surface area contributed by atoms with Gasteiger partial charge in [0, 0.05) is 5.92 Å². The molecule has 2 aliphatic rings. The van der Waals surface area contributed by atoms with Gasteiger partial charge < -0.3 is 14.6 Å². The van der Waals surface area contributed by atoms with Crippen molar-refractivity contribution in [3.05, 3.63) is 17.3 Å². The van der Waals surface area contributed by atoms with E-state index >= 15 is 0 Å². The molecule has 0 amide bonds. The first-order valence-electron chi connectivity index (χ1n) is 6.07. The van der Waals surface area contributed by atoms with Gasteiger partial charge in [-0.1, -0.05) is 12.8 Å². The summed E-state index contributed by atoms with van der Waals surface area (Å²) in [6.45, 7) is 0. The SMILES string of the molecule is O=C(O)c1nc(C2C3CCCCC32)oc1C(=O)O. The molecule has 0 spiro atoms. The van der Waals surface area contributed by atoms with Crippen LogP contribution in [-0.2, 0) is 0 Å². The highest BCUT2D eigenvalue weighted by molar-refractivity contribution is 5.98. The summed E-state index contributed by atoms with van der Waals surface area (Å²) >= 11 is 0. The van der Waals surface area contributed by atoms with Crippen LogP contribution in [0.4, 0.5) is 0 Å². The molecular weight excluding hydrogens is 238 g/mol. The van der Waals surface area contributed by atoms with Crippen LogP contribution < -0.4 is 0 Å². The molecule has 0 bridgehead atoms. The normalized spacial score (nSPS) is 29.7. The van der Waals surface area contributed by atoms with Gasteiger partial charge in [0.25, 0.3) is 0 Å². The third-order valence-corrected chi connectivity index (χ3v) is 3.98. The monoisotopic (exact) mass is 251 g/mol. The molecule has 0 saturated heterocycles. The summed E-state index contributed by atoms with van der Waals surface area (Å²) in [6, 6.07) is 0. The number of aromatic nitrogens is 1. The van der Waals surface area contributed by atoms with E-state index in [9.17, 15) is 9.59 Å². The van der Waals surface area contributed by atoms with Crippen molar-refractivity contribution < 1.29 is 24.2 Å². The number of carboxylic acid groups (broad SMARTS) is 2. The minimum atomic E-state index is -1.38. The second kappa shape index (κ2) is 3.83. The summed E-state index contributed by atoms with van der Waals surface area (Å²) in [5.41, 5.74) is -0.485. The van der Waals surface area contributed by atoms with Crippen molar-refractivity contribution in [2.45, 2.75) is 31.6 Å². The molecule has 2 unspecified atom stereocenters. The topological polar surface area (TPSA) is 101 Å². The van der Waals surface area contributed by atoms with Gasteiger partial charge in [-0.3, -0.25) is 0 Å². The summed E-state index contributed by atoms with van der Waals surface area (Å²) in [5.74, 6) is -1.87. The molecule has 2 aliphatic carbocycles. The molecule has 1 aromatic heterocycles. The van der Waals surface area contributed by atoms with E-state index in [-0.39, 0.29) is 5.92 Å². The van der Waals surface area contributed by atoms with Gasteiger partial charge in [-0.25, -0.2) is 14.6 Å². The van der Waals surface area contributed by atoms with Crippen LogP contribution in [0.3, 0.4) is 0 Å². The number of carbonyl (C=O) groups is 2. The van der Waals surface area contributed by atoms with Gasteiger partial charge in [0.05, 0.1) is 0 Å². The zero-order valence-corrected chi connectivity index (χ0v) is 9.63. The minimum Gasteiger partial charge on any atom is -0.476 e. The predicted molar refractivity (Wildman–Crippen MR) is 58.6 cm³/mol. The molecule has 0 aliphatic heterocycles. The number of aromatic carboxylic acids is 2. The molecule has 0 aromatic carbocycles. The molecule has 6 nitrogen and oxygen atoms in total. The zero-order chi connectivity index (χ0) is 12.9. The number of nitrogens with zero attached hydrogens (tertiary/aromatic N) is 1. The van der Waals surface area contributed by atoms with Crippen molar-refractivity contribution in [2.75, 3.05) is 0 Å². The van der Waals surface area contributed by atoms with Gasteiger partial charge in [-0.2, -0.15) is 0 Å². The van der Waals surface area contributed by atoms with Gasteiger partial charge >= 0.3 is 11.9 Å². The summed E-state index contributed by atoms with van der Waals surface area (Å²) < 4.78 is 5.16. The predicted octanol–water partition coefficient (Wildman–Crippen LogP) is 1.97. The number of rotatable bonds is 3. The van der Waals surface area contributed by atoms with Crippen LogP contribution in [0.15, 0.2) is 4.42 Å². The molecular formula is C12H13NO5. The first kappa shape index (κ1) is 11.3. The van der Waals surface area contributed by atoms with Crippen molar-refractivity contribution in [3.63, 3.8) is 0 Å². The van der Waals surface area contributed by atoms with Crippen LogP contribution in [-0.4, -0.2) is 27.1 Å². The number of fused-ring (bicyclic) bond motifs is 1. The Hall–Kier alpha value is -1.85. The quantitative estimate of drug-likeness (QED) is 0.851. The van der Waals surface area contributed by atoms with Crippen LogP contribution in [0, 0.1) is 11.8 Å². The Labute approximate surface area is 103 Å². The fourth-order valence-corrected chi connectivity index (χ4v) is 3.13. The van der Waals surface area contributed by atoms with Crippen LogP contribution >= 0.6 is 0 Å². The third kappa shape index (κ3) is 1.60. The molecule has 6 heteroatoms. The summed E-state index contributed by atoms with van der Waals surface area (Å²) in [5, 5.41) is 17.8. The molecule has 96 valence electrons. The van der Waals surface area contributed by atoms with E-state index in [4.69, 9.17) is 14.6 Å². The number of oxazole rings is 1. The van der Waals surface area contributed by atoms with Crippen LogP contribution in [0.5, 0.6) is 0 Å². The average Bonchev–Trinajstić information content (AvgIpc) is 2.88. The standard InChI is InChI=1S/C12H13NO5/c14-11(15)8-9(12(16)17)18-10(13-8)7-5-3-1-2-4-6(5)7/h5-7H,1-4H2,(H,14,15)(H,16,17). The maximum absolute atomic E-state index is 10.9. The fraction of sp³-hybridized carbons (Fsp3) is 0.583. The molecule has 0 radical (unpaired) electrons. The Bertz CT molecular complexity index is 477. The minimum absolute atomic E-state index is 0.124. The van der Waals surface area contributed by atoms with Gasteiger partial charge in [0.2, 0.25) is 11.5 Å². The summed E-state index contributed by atoms with van der Waals surface area (Å²) in [4.78, 5) is 25.7. The maximum Gasteiger partial charge on any atom is 0.374 e. The number of hydrogen-bond donors (Lipinski definition) is 2. The maximum atomic E-state index is 10.9. The van der Waals surface area contributed by atoms with Gasteiger partial charge in [-0.05, 0) is 24.7 Å². The Morgan fingerprint density at radius 3 is 2.17 bits per heavy atom. The lowest BCUT2D eigenvalue weighted by Gasteiger charge is -2.04. The fourth-order valence-electron chi connectivity index (χ4n) is 3.13. The van der Waals surface area contributed by atoms with Crippen molar-refractivity contribution in [1.82, 2.24) is 4.98 Å². The second-order valence-corrected chi connectivity index (χ2v) is 4.98. The van der Waals surface area contributed by atoms with Crippen molar-refractivity contribution in [1.29, 1.82) is 0 Å². The molecule has 3 rings (SSSR count). The molecule has 1 heterocycles. The van der Waals surface area contributed by atoms with E-state index in [2.05, 4.69) is 4.98 Å². The van der Waals surface area contributed by atoms with Crippen LogP contribution in [0.2, 0.25) is 0 Å². The van der Waals surface area contributed by atoms with Crippen LogP contribution in [0.1, 0.15) is 58.5 Å². The lowest BCUT2D eigenvalue weighted by Crippen LogP contribution is -2.05. The van der Waals surface area contributed by atoms with E-state index in [0.717, 1.165) is 12.8 Å². The molecule has 18 heavy (non-hydrogen) atoms. The van der Waals surface area contributed by atoms with E-state index in [1.807, 2.05) is 0 Å². The first-order chi connectivity index (χ1) is 8.59. The zero-order valence-electron chi connectivity index (χ0n) is 9.63. The summed E-state index contributed by atoms with van der Waals surface area (Å²) in [7, 11) is 0. The highest BCUT2D eigenvalue weighted by atomic mass is 16.4. The first-order valence-corrected chi connectivity index (χ1v) is 6.07. The summed E-state index contributed by atoms with van der Waals surface area (Å²) in [6.07, 6.45) is 4.55. The van der Waals surface area contributed by atoms with Crippen molar-refractivity contribution in [2.24, 2.45) is 11.8 Å². The van der Waals surface area contributed by atoms with Gasteiger partial charge in [-0.15, -0.1) is 0 Å². The number of hydrogen-bond acceptors (Lipinski definition) is 4. The van der Waals surface area contributed by atoms with E-state index in [0.29, 0.717) is 17.7 Å². The molecule has 2 fully saturated rings. The van der Waals surface area contributed by atoms with Crippen molar-refractivity contribution >= 4 is 11.9 Å². The van der Waals surface area contributed by atoms with E-state index in [1.165, 1.54) is 12.8 Å². The Morgan fingerprint density at radius 1 is 1.11 bits per heavy atom. The molecule has 1 aromatic rings. The smallest absolute Gasteiger partial charge is 0.374 e. The van der Waals surface area contributed by atoms with Gasteiger partial charge in [0.15, 0.2) is 5.89 Å². The van der Waals surface area contributed by atoms with Gasteiger partial charge in [0.1, 0.15) is 0 Å². The highest BCUT2D eigenvalue weighted by Gasteiger charge is 2.54.